The lowest BCUT2D eigenvalue weighted by Gasteiger charge is -2.16. The fraction of sp³-hybridized carbons (Fsp3) is 0.533. The van der Waals surface area contributed by atoms with Gasteiger partial charge in [0.2, 0.25) is 11.7 Å². The molecule has 20 heavy (non-hydrogen) atoms. The van der Waals surface area contributed by atoms with E-state index in [0.29, 0.717) is 24.5 Å². The zero-order valence-electron chi connectivity index (χ0n) is 12.1. The molecule has 1 aliphatic heterocycles. The summed E-state index contributed by atoms with van der Waals surface area (Å²) < 4.78 is 11.2. The Morgan fingerprint density at radius 1 is 1.20 bits per heavy atom. The number of hydrogen-bond donors (Lipinski definition) is 2. The van der Waals surface area contributed by atoms with Gasteiger partial charge in [-0.15, -0.1) is 0 Å². The van der Waals surface area contributed by atoms with Gasteiger partial charge in [0.15, 0.2) is 11.5 Å². The number of anilines is 1. The zero-order valence-corrected chi connectivity index (χ0v) is 12.1. The molecule has 1 amide bonds. The average molecular weight is 278 g/mol. The maximum Gasteiger partial charge on any atom is 0.246 e. The Balaban J connectivity index is 1.87. The zero-order chi connectivity index (χ0) is 14.6. The summed E-state index contributed by atoms with van der Waals surface area (Å²) in [6, 6.07) is 5.43. The standard InChI is InChI=1S/C15H22N2O3/c1-15(2)19-12-8-7-11(10-13(12)20-15)17-14(18)6-4-3-5-9-16/h7-8,10H,3-6,9,16H2,1-2H3,(H,17,18). The molecule has 3 N–H and O–H groups in total. The monoisotopic (exact) mass is 278 g/mol. The molecule has 1 aliphatic rings. The third-order valence-corrected chi connectivity index (χ3v) is 3.05. The summed E-state index contributed by atoms with van der Waals surface area (Å²) >= 11 is 0. The second-order valence-corrected chi connectivity index (χ2v) is 5.41. The van der Waals surface area contributed by atoms with Crippen molar-refractivity contribution in [3.8, 4) is 11.5 Å². The highest BCUT2D eigenvalue weighted by molar-refractivity contribution is 5.91. The van der Waals surface area contributed by atoms with Crippen molar-refractivity contribution in [1.82, 2.24) is 0 Å². The smallest absolute Gasteiger partial charge is 0.246 e. The third kappa shape index (κ3) is 3.87. The number of unbranched alkanes of at least 4 members (excludes halogenated alkanes) is 2. The number of nitrogens with one attached hydrogen (secondary N) is 1. The van der Waals surface area contributed by atoms with Crippen molar-refractivity contribution in [3.05, 3.63) is 18.2 Å². The van der Waals surface area contributed by atoms with E-state index in [2.05, 4.69) is 5.32 Å². The quantitative estimate of drug-likeness (QED) is 0.785. The van der Waals surface area contributed by atoms with Crippen LogP contribution in [-0.2, 0) is 4.79 Å². The van der Waals surface area contributed by atoms with Crippen LogP contribution in [0.2, 0.25) is 0 Å². The lowest BCUT2D eigenvalue weighted by molar-refractivity contribution is -0.116. The molecule has 0 fully saturated rings. The van der Waals surface area contributed by atoms with Gasteiger partial charge in [-0.05, 0) is 31.5 Å². The Labute approximate surface area is 119 Å². The highest BCUT2D eigenvalue weighted by Gasteiger charge is 2.31. The van der Waals surface area contributed by atoms with Gasteiger partial charge in [-0.3, -0.25) is 4.79 Å². The van der Waals surface area contributed by atoms with E-state index >= 15 is 0 Å². The molecule has 2 rings (SSSR count). The Kier molecular flexibility index (Phi) is 4.49. The molecule has 110 valence electrons. The molecule has 0 saturated heterocycles. The van der Waals surface area contributed by atoms with E-state index in [1.807, 2.05) is 26.0 Å². The van der Waals surface area contributed by atoms with Crippen molar-refractivity contribution >= 4 is 11.6 Å². The lowest BCUT2D eigenvalue weighted by atomic mass is 10.2. The van der Waals surface area contributed by atoms with Gasteiger partial charge in [0.05, 0.1) is 0 Å². The van der Waals surface area contributed by atoms with E-state index < -0.39 is 5.79 Å². The Bertz CT molecular complexity index is 486. The van der Waals surface area contributed by atoms with Gasteiger partial charge < -0.3 is 20.5 Å². The van der Waals surface area contributed by atoms with Crippen molar-refractivity contribution in [2.75, 3.05) is 11.9 Å². The average Bonchev–Trinajstić information content (AvgIpc) is 2.68. The third-order valence-electron chi connectivity index (χ3n) is 3.05. The highest BCUT2D eigenvalue weighted by atomic mass is 16.7. The molecule has 0 aromatic heterocycles. The first-order valence-electron chi connectivity index (χ1n) is 7.02. The molecule has 0 saturated carbocycles. The van der Waals surface area contributed by atoms with E-state index in [0.717, 1.165) is 24.9 Å². The molecule has 0 aliphatic carbocycles. The summed E-state index contributed by atoms with van der Waals surface area (Å²) in [5, 5.41) is 2.87. The minimum absolute atomic E-state index is 0.0140. The van der Waals surface area contributed by atoms with Gasteiger partial charge in [-0.2, -0.15) is 0 Å². The van der Waals surface area contributed by atoms with Crippen molar-refractivity contribution in [2.24, 2.45) is 5.73 Å². The number of ether oxygens (including phenoxy) is 2. The van der Waals surface area contributed by atoms with Crippen molar-refractivity contribution in [3.63, 3.8) is 0 Å². The summed E-state index contributed by atoms with van der Waals surface area (Å²) in [4.78, 5) is 11.8. The maximum atomic E-state index is 11.8. The molecule has 1 heterocycles. The number of carbonyl (C=O) groups is 1. The minimum Gasteiger partial charge on any atom is -0.449 e. The van der Waals surface area contributed by atoms with Crippen LogP contribution in [0.5, 0.6) is 11.5 Å². The van der Waals surface area contributed by atoms with Crippen molar-refractivity contribution in [2.45, 2.75) is 45.3 Å². The molecule has 0 atom stereocenters. The lowest BCUT2D eigenvalue weighted by Crippen LogP contribution is -2.29. The van der Waals surface area contributed by atoms with Crippen LogP contribution in [0.15, 0.2) is 18.2 Å². The van der Waals surface area contributed by atoms with Crippen molar-refractivity contribution < 1.29 is 14.3 Å². The van der Waals surface area contributed by atoms with Crippen LogP contribution in [0.4, 0.5) is 5.69 Å². The molecule has 1 aromatic carbocycles. The molecular weight excluding hydrogens is 256 g/mol. The fourth-order valence-electron chi connectivity index (χ4n) is 2.13. The van der Waals surface area contributed by atoms with Crippen LogP contribution in [-0.4, -0.2) is 18.2 Å². The summed E-state index contributed by atoms with van der Waals surface area (Å²) in [6.07, 6.45) is 3.33. The van der Waals surface area contributed by atoms with Gasteiger partial charge in [-0.1, -0.05) is 6.42 Å². The second-order valence-electron chi connectivity index (χ2n) is 5.41. The van der Waals surface area contributed by atoms with E-state index in [4.69, 9.17) is 15.2 Å². The van der Waals surface area contributed by atoms with Crippen LogP contribution >= 0.6 is 0 Å². The van der Waals surface area contributed by atoms with E-state index in [9.17, 15) is 4.79 Å². The summed E-state index contributed by atoms with van der Waals surface area (Å²) in [5.74, 6) is 0.736. The number of benzene rings is 1. The molecule has 0 bridgehead atoms. The highest BCUT2D eigenvalue weighted by Crippen LogP contribution is 2.40. The first-order chi connectivity index (χ1) is 9.50. The Morgan fingerprint density at radius 3 is 2.70 bits per heavy atom. The summed E-state index contributed by atoms with van der Waals surface area (Å²) in [5.41, 5.74) is 6.15. The number of carbonyl (C=O) groups excluding carboxylic acids is 1. The van der Waals surface area contributed by atoms with E-state index in [1.54, 1.807) is 6.07 Å². The van der Waals surface area contributed by atoms with Crippen molar-refractivity contribution in [1.29, 1.82) is 0 Å². The Morgan fingerprint density at radius 2 is 1.95 bits per heavy atom. The van der Waals surface area contributed by atoms with Crippen LogP contribution in [0.25, 0.3) is 0 Å². The predicted octanol–water partition coefficient (Wildman–Crippen LogP) is 2.65. The molecule has 5 nitrogen and oxygen atoms in total. The molecule has 5 heteroatoms. The SMILES string of the molecule is CC1(C)Oc2ccc(NC(=O)CCCCCN)cc2O1. The molecular formula is C15H22N2O3. The topological polar surface area (TPSA) is 73.6 Å². The van der Waals surface area contributed by atoms with Gasteiger partial charge in [0.1, 0.15) is 0 Å². The Hall–Kier alpha value is -1.75. The van der Waals surface area contributed by atoms with Gasteiger partial charge in [0, 0.05) is 32.0 Å². The van der Waals surface area contributed by atoms with E-state index in [-0.39, 0.29) is 5.91 Å². The van der Waals surface area contributed by atoms with Gasteiger partial charge >= 0.3 is 0 Å². The molecule has 0 unspecified atom stereocenters. The fourth-order valence-corrected chi connectivity index (χ4v) is 2.13. The molecule has 0 spiro atoms. The molecule has 0 radical (unpaired) electrons. The number of rotatable bonds is 6. The number of amides is 1. The predicted molar refractivity (Wildman–Crippen MR) is 77.9 cm³/mol. The normalized spacial score (nSPS) is 15.2. The van der Waals surface area contributed by atoms with Crippen LogP contribution in [0.3, 0.4) is 0 Å². The van der Waals surface area contributed by atoms with E-state index in [1.165, 1.54) is 0 Å². The van der Waals surface area contributed by atoms with Crippen LogP contribution < -0.4 is 20.5 Å². The second kappa shape index (κ2) is 6.13. The molecule has 1 aromatic rings. The maximum absolute atomic E-state index is 11.8. The first-order valence-corrected chi connectivity index (χ1v) is 7.02. The van der Waals surface area contributed by atoms with Crippen LogP contribution in [0.1, 0.15) is 39.5 Å². The number of nitrogens with two attached hydrogens (primary N) is 1. The first kappa shape index (κ1) is 14.7. The largest absolute Gasteiger partial charge is 0.449 e. The number of hydrogen-bond acceptors (Lipinski definition) is 4. The summed E-state index contributed by atoms with van der Waals surface area (Å²) in [7, 11) is 0. The van der Waals surface area contributed by atoms with Gasteiger partial charge in [0.25, 0.3) is 0 Å². The van der Waals surface area contributed by atoms with Gasteiger partial charge in [-0.25, -0.2) is 0 Å². The summed E-state index contributed by atoms with van der Waals surface area (Å²) in [6.45, 7) is 4.38. The number of fused-ring (bicyclic) bond motifs is 1. The van der Waals surface area contributed by atoms with Crippen LogP contribution in [0, 0.1) is 0 Å². The minimum atomic E-state index is -0.646.